The predicted octanol–water partition coefficient (Wildman–Crippen LogP) is 0.934. The van der Waals surface area contributed by atoms with Crippen molar-refractivity contribution in [2.75, 3.05) is 0 Å². The molecule has 0 aliphatic rings. The molecule has 0 heterocycles. The summed E-state index contributed by atoms with van der Waals surface area (Å²) in [6, 6.07) is 6.99. The van der Waals surface area contributed by atoms with Crippen LogP contribution in [0.15, 0.2) is 24.3 Å². The Kier molecular flexibility index (Phi) is 4.65. The molecule has 0 radical (unpaired) electrons. The first-order valence-electron chi connectivity index (χ1n) is 5.30. The molecule has 82 valence electrons. The van der Waals surface area contributed by atoms with Gasteiger partial charge in [0.25, 0.3) is 0 Å². The van der Waals surface area contributed by atoms with Crippen molar-refractivity contribution < 1.29 is 14.8 Å². The van der Waals surface area contributed by atoms with E-state index >= 15 is 0 Å². The minimum absolute atomic E-state index is 0.130. The van der Waals surface area contributed by atoms with E-state index in [-0.39, 0.29) is 6.10 Å². The number of ether oxygens (including phenoxy) is 1. The second-order valence-corrected chi connectivity index (χ2v) is 3.47. The maximum Gasteiger partial charge on any atom is 0.492 e. The highest BCUT2D eigenvalue weighted by atomic mass is 16.5. The molecule has 1 aromatic carbocycles. The average molecular weight is 208 g/mol. The van der Waals surface area contributed by atoms with E-state index < -0.39 is 7.12 Å². The van der Waals surface area contributed by atoms with Gasteiger partial charge in [-0.05, 0) is 18.9 Å². The van der Waals surface area contributed by atoms with Gasteiger partial charge in [-0.25, -0.2) is 0 Å². The molecule has 0 spiro atoms. The smallest absolute Gasteiger partial charge is 0.491 e. The molecule has 0 saturated heterocycles. The number of rotatable bonds is 5. The number of hydrogen-bond donors (Lipinski definition) is 2. The zero-order valence-corrected chi connectivity index (χ0v) is 9.18. The average Bonchev–Trinajstić information content (AvgIpc) is 2.26. The highest BCUT2D eigenvalue weighted by molar-refractivity contribution is 6.59. The van der Waals surface area contributed by atoms with Gasteiger partial charge in [0.05, 0.1) is 6.10 Å². The number of benzene rings is 1. The summed E-state index contributed by atoms with van der Waals surface area (Å²) in [4.78, 5) is 0. The van der Waals surface area contributed by atoms with Crippen molar-refractivity contribution in [3.63, 3.8) is 0 Å². The maximum atomic E-state index is 9.14. The van der Waals surface area contributed by atoms with Crippen LogP contribution in [0.25, 0.3) is 0 Å². The Morgan fingerprint density at radius 2 is 1.80 bits per heavy atom. The third kappa shape index (κ3) is 3.25. The first kappa shape index (κ1) is 12.1. The molecule has 0 unspecified atom stereocenters. The largest absolute Gasteiger partial charge is 0.492 e. The van der Waals surface area contributed by atoms with E-state index in [9.17, 15) is 0 Å². The fourth-order valence-electron chi connectivity index (χ4n) is 1.44. The quantitative estimate of drug-likeness (QED) is 0.707. The summed E-state index contributed by atoms with van der Waals surface area (Å²) in [6.45, 7) is 4.10. The first-order valence-corrected chi connectivity index (χ1v) is 5.30. The van der Waals surface area contributed by atoms with E-state index in [4.69, 9.17) is 14.8 Å². The van der Waals surface area contributed by atoms with Crippen molar-refractivity contribution in [3.8, 4) is 5.75 Å². The molecule has 0 saturated carbocycles. The fraction of sp³-hybridized carbons (Fsp3) is 0.455. The molecule has 4 heteroatoms. The maximum absolute atomic E-state index is 9.14. The molecule has 0 aliphatic carbocycles. The fourth-order valence-corrected chi connectivity index (χ4v) is 1.44. The van der Waals surface area contributed by atoms with Crippen LogP contribution in [0, 0.1) is 0 Å². The van der Waals surface area contributed by atoms with E-state index in [2.05, 4.69) is 0 Å². The van der Waals surface area contributed by atoms with Crippen LogP contribution in [0.4, 0.5) is 0 Å². The Morgan fingerprint density at radius 1 is 1.20 bits per heavy atom. The van der Waals surface area contributed by atoms with E-state index in [1.165, 1.54) is 0 Å². The standard InChI is InChI=1S/C11H17BO3/c1-3-9(4-2)15-11-8-6-5-7-10(11)12(13)14/h5-9,13-14H,3-4H2,1-2H3. The lowest BCUT2D eigenvalue weighted by atomic mass is 9.79. The molecule has 15 heavy (non-hydrogen) atoms. The molecule has 0 aliphatic heterocycles. The number of hydrogen-bond acceptors (Lipinski definition) is 3. The Morgan fingerprint density at radius 3 is 2.33 bits per heavy atom. The highest BCUT2D eigenvalue weighted by Crippen LogP contribution is 2.12. The summed E-state index contributed by atoms with van der Waals surface area (Å²) in [7, 11) is -1.48. The van der Waals surface area contributed by atoms with Crippen LogP contribution in [-0.4, -0.2) is 23.3 Å². The molecule has 1 aromatic rings. The second kappa shape index (κ2) is 5.78. The molecule has 1 rings (SSSR count). The van der Waals surface area contributed by atoms with Crippen molar-refractivity contribution in [1.29, 1.82) is 0 Å². The first-order chi connectivity index (χ1) is 7.19. The molecule has 3 nitrogen and oxygen atoms in total. The summed E-state index contributed by atoms with van der Waals surface area (Å²) in [5.41, 5.74) is 0.421. The van der Waals surface area contributed by atoms with E-state index in [0.717, 1.165) is 12.8 Å². The topological polar surface area (TPSA) is 49.7 Å². The SMILES string of the molecule is CCC(CC)Oc1ccccc1B(O)O. The van der Waals surface area contributed by atoms with Gasteiger partial charge in [0.2, 0.25) is 0 Å². The normalized spacial score (nSPS) is 10.5. The van der Waals surface area contributed by atoms with Gasteiger partial charge >= 0.3 is 7.12 Å². The summed E-state index contributed by atoms with van der Waals surface area (Å²) in [5, 5.41) is 18.3. The van der Waals surface area contributed by atoms with E-state index in [1.54, 1.807) is 18.2 Å². The Bertz CT molecular complexity index is 298. The van der Waals surface area contributed by atoms with Crippen LogP contribution < -0.4 is 10.2 Å². The van der Waals surface area contributed by atoms with Gasteiger partial charge in [-0.15, -0.1) is 0 Å². The van der Waals surface area contributed by atoms with Crippen molar-refractivity contribution in [3.05, 3.63) is 24.3 Å². The Balaban J connectivity index is 2.83. The third-order valence-electron chi connectivity index (χ3n) is 2.40. The van der Waals surface area contributed by atoms with Crippen LogP contribution in [-0.2, 0) is 0 Å². The predicted molar refractivity (Wildman–Crippen MR) is 61.3 cm³/mol. The monoisotopic (exact) mass is 208 g/mol. The van der Waals surface area contributed by atoms with Gasteiger partial charge in [0, 0.05) is 5.46 Å². The summed E-state index contributed by atoms with van der Waals surface area (Å²) in [6.07, 6.45) is 1.95. The summed E-state index contributed by atoms with van der Waals surface area (Å²) < 4.78 is 5.69. The lowest BCUT2D eigenvalue weighted by Gasteiger charge is -2.18. The third-order valence-corrected chi connectivity index (χ3v) is 2.40. The molecule has 2 N–H and O–H groups in total. The van der Waals surface area contributed by atoms with Crippen LogP contribution in [0.5, 0.6) is 5.75 Å². The van der Waals surface area contributed by atoms with Gasteiger partial charge < -0.3 is 14.8 Å². The molecule has 0 fully saturated rings. The van der Waals surface area contributed by atoms with Crippen LogP contribution in [0.2, 0.25) is 0 Å². The minimum atomic E-state index is -1.48. The van der Waals surface area contributed by atoms with E-state index in [0.29, 0.717) is 11.2 Å². The molecule has 0 bridgehead atoms. The van der Waals surface area contributed by atoms with Gasteiger partial charge in [-0.3, -0.25) is 0 Å². The van der Waals surface area contributed by atoms with Crippen LogP contribution >= 0.6 is 0 Å². The lowest BCUT2D eigenvalue weighted by Crippen LogP contribution is -2.32. The van der Waals surface area contributed by atoms with E-state index in [1.807, 2.05) is 19.9 Å². The van der Waals surface area contributed by atoms with Crippen molar-refractivity contribution in [2.45, 2.75) is 32.8 Å². The Hall–Kier alpha value is -0.995. The van der Waals surface area contributed by atoms with Crippen molar-refractivity contribution in [1.82, 2.24) is 0 Å². The van der Waals surface area contributed by atoms with Crippen LogP contribution in [0.3, 0.4) is 0 Å². The minimum Gasteiger partial charge on any atom is -0.491 e. The van der Waals surface area contributed by atoms with Gasteiger partial charge in [-0.2, -0.15) is 0 Å². The van der Waals surface area contributed by atoms with Gasteiger partial charge in [0.1, 0.15) is 5.75 Å². The van der Waals surface area contributed by atoms with Gasteiger partial charge in [-0.1, -0.05) is 32.0 Å². The zero-order chi connectivity index (χ0) is 11.3. The van der Waals surface area contributed by atoms with Crippen molar-refractivity contribution in [2.24, 2.45) is 0 Å². The Labute approximate surface area is 90.9 Å². The molecule has 0 atom stereocenters. The van der Waals surface area contributed by atoms with Crippen LogP contribution in [0.1, 0.15) is 26.7 Å². The second-order valence-electron chi connectivity index (χ2n) is 3.47. The molecular formula is C11H17BO3. The molecule has 0 amide bonds. The summed E-state index contributed by atoms with van der Waals surface area (Å²) >= 11 is 0. The highest BCUT2D eigenvalue weighted by Gasteiger charge is 2.17. The molecule has 0 aromatic heterocycles. The summed E-state index contributed by atoms with van der Waals surface area (Å²) in [5.74, 6) is 0.557. The number of para-hydroxylation sites is 1. The van der Waals surface area contributed by atoms with Gasteiger partial charge in [0.15, 0.2) is 0 Å². The zero-order valence-electron chi connectivity index (χ0n) is 9.18. The molecular weight excluding hydrogens is 191 g/mol. The lowest BCUT2D eigenvalue weighted by molar-refractivity contribution is 0.194. The van der Waals surface area contributed by atoms with Crippen molar-refractivity contribution >= 4 is 12.6 Å².